The number of benzene rings is 1. The predicted molar refractivity (Wildman–Crippen MR) is 74.1 cm³/mol. The van der Waals surface area contributed by atoms with Crippen LogP contribution in [-0.4, -0.2) is 38.0 Å². The second-order valence-corrected chi connectivity index (χ2v) is 6.71. The Balaban J connectivity index is 1.84. The van der Waals surface area contributed by atoms with Gasteiger partial charge in [-0.15, -0.1) is 0 Å². The summed E-state index contributed by atoms with van der Waals surface area (Å²) in [4.78, 5) is 0. The number of sulfonamides is 1. The maximum Gasteiger partial charge on any atom is 0.214 e. The summed E-state index contributed by atoms with van der Waals surface area (Å²) in [7, 11) is -3.46. The van der Waals surface area contributed by atoms with Gasteiger partial charge in [0.2, 0.25) is 10.0 Å². The molecule has 106 valence electrons. The minimum Gasteiger partial charge on any atom is -0.390 e. The van der Waals surface area contributed by atoms with Crippen molar-refractivity contribution >= 4 is 10.0 Å². The van der Waals surface area contributed by atoms with Gasteiger partial charge in [-0.05, 0) is 24.9 Å². The summed E-state index contributed by atoms with van der Waals surface area (Å²) in [5, 5.41) is 13.0. The molecule has 5 nitrogen and oxygen atoms in total. The molecule has 0 amide bonds. The van der Waals surface area contributed by atoms with Gasteiger partial charge in [-0.25, -0.2) is 13.1 Å². The lowest BCUT2D eigenvalue weighted by Crippen LogP contribution is -2.42. The fraction of sp³-hybridized carbons (Fsp3) is 0.538. The highest BCUT2D eigenvalue weighted by Crippen LogP contribution is 2.10. The second kappa shape index (κ2) is 6.47. The van der Waals surface area contributed by atoms with Crippen LogP contribution in [-0.2, 0) is 16.6 Å². The Hall–Kier alpha value is -0.950. The summed E-state index contributed by atoms with van der Waals surface area (Å²) >= 11 is 0. The third-order valence-corrected chi connectivity index (χ3v) is 4.66. The van der Waals surface area contributed by atoms with E-state index >= 15 is 0 Å². The van der Waals surface area contributed by atoms with Crippen LogP contribution >= 0.6 is 0 Å². The van der Waals surface area contributed by atoms with Crippen molar-refractivity contribution in [3.63, 3.8) is 0 Å². The molecular weight excluding hydrogens is 264 g/mol. The molecule has 0 aliphatic carbocycles. The molecule has 6 heteroatoms. The van der Waals surface area contributed by atoms with Crippen LogP contribution in [0.2, 0.25) is 0 Å². The van der Waals surface area contributed by atoms with Crippen molar-refractivity contribution in [3.8, 4) is 0 Å². The largest absolute Gasteiger partial charge is 0.390 e. The smallest absolute Gasteiger partial charge is 0.214 e. The molecule has 0 radical (unpaired) electrons. The number of rotatable bonds is 6. The average molecular weight is 284 g/mol. The van der Waals surface area contributed by atoms with E-state index in [1.165, 1.54) is 0 Å². The number of hydrogen-bond donors (Lipinski definition) is 3. The lowest BCUT2D eigenvalue weighted by molar-refractivity contribution is 0.156. The van der Waals surface area contributed by atoms with Crippen molar-refractivity contribution in [1.82, 2.24) is 10.0 Å². The van der Waals surface area contributed by atoms with Crippen LogP contribution in [0.1, 0.15) is 18.4 Å². The van der Waals surface area contributed by atoms with Crippen LogP contribution in [0.3, 0.4) is 0 Å². The van der Waals surface area contributed by atoms with Gasteiger partial charge in [0.15, 0.2) is 0 Å². The van der Waals surface area contributed by atoms with E-state index < -0.39 is 16.1 Å². The number of nitrogens with one attached hydrogen (secondary N) is 2. The standard InChI is InChI=1S/C13H20N2O3S/c16-13(12-7-4-8-14-12)10-19(17,18)15-9-11-5-2-1-3-6-11/h1-3,5-6,12-16H,4,7-10H2/t12-,13+/m0/s1. The van der Waals surface area contributed by atoms with Crippen LogP contribution in [0, 0.1) is 0 Å². The first-order valence-corrected chi connectivity index (χ1v) is 8.15. The Morgan fingerprint density at radius 2 is 2.11 bits per heavy atom. The van der Waals surface area contributed by atoms with Crippen molar-refractivity contribution < 1.29 is 13.5 Å². The van der Waals surface area contributed by atoms with Crippen LogP contribution < -0.4 is 10.0 Å². The Labute approximate surface area is 114 Å². The zero-order valence-electron chi connectivity index (χ0n) is 10.7. The molecule has 19 heavy (non-hydrogen) atoms. The molecule has 2 rings (SSSR count). The maximum absolute atomic E-state index is 11.9. The molecule has 1 saturated heterocycles. The first-order valence-electron chi connectivity index (χ1n) is 6.49. The average Bonchev–Trinajstić information content (AvgIpc) is 2.91. The molecule has 1 aliphatic rings. The molecular formula is C13H20N2O3S. The lowest BCUT2D eigenvalue weighted by Gasteiger charge is -2.18. The molecule has 0 saturated carbocycles. The SMILES string of the molecule is O=S(=O)(C[C@@H](O)[C@@H]1CCCN1)NCc1ccccc1. The van der Waals surface area contributed by atoms with Crippen molar-refractivity contribution in [3.05, 3.63) is 35.9 Å². The van der Waals surface area contributed by atoms with Crippen molar-refractivity contribution in [2.75, 3.05) is 12.3 Å². The Bertz CT molecular complexity index is 484. The molecule has 0 unspecified atom stereocenters. The predicted octanol–water partition coefficient (Wildman–Crippen LogP) is 0.219. The zero-order chi connectivity index (χ0) is 13.7. The van der Waals surface area contributed by atoms with Gasteiger partial charge in [0, 0.05) is 12.6 Å². The normalized spacial score (nSPS) is 21.4. The van der Waals surface area contributed by atoms with Crippen molar-refractivity contribution in [1.29, 1.82) is 0 Å². The summed E-state index contributed by atoms with van der Waals surface area (Å²) in [6.45, 7) is 1.10. The first-order chi connectivity index (χ1) is 9.07. The van der Waals surface area contributed by atoms with E-state index in [0.717, 1.165) is 24.9 Å². The fourth-order valence-electron chi connectivity index (χ4n) is 2.23. The summed E-state index contributed by atoms with van der Waals surface area (Å²) in [5.74, 6) is -0.252. The van der Waals surface area contributed by atoms with Gasteiger partial charge in [0.1, 0.15) is 0 Å². The van der Waals surface area contributed by atoms with Crippen LogP contribution in [0.4, 0.5) is 0 Å². The number of aliphatic hydroxyl groups excluding tert-OH is 1. The maximum atomic E-state index is 11.9. The van der Waals surface area contributed by atoms with Crippen LogP contribution in [0.5, 0.6) is 0 Å². The van der Waals surface area contributed by atoms with E-state index in [9.17, 15) is 13.5 Å². The monoisotopic (exact) mass is 284 g/mol. The lowest BCUT2D eigenvalue weighted by atomic mass is 10.1. The van der Waals surface area contributed by atoms with E-state index in [0.29, 0.717) is 0 Å². The van der Waals surface area contributed by atoms with Gasteiger partial charge in [0.25, 0.3) is 0 Å². The number of aliphatic hydroxyl groups is 1. The minimum absolute atomic E-state index is 0.103. The summed E-state index contributed by atoms with van der Waals surface area (Å²) in [5.41, 5.74) is 0.902. The van der Waals surface area contributed by atoms with E-state index in [1.54, 1.807) is 0 Å². The molecule has 1 aromatic rings. The molecule has 1 aliphatic heterocycles. The Morgan fingerprint density at radius 3 is 2.74 bits per heavy atom. The molecule has 0 aromatic heterocycles. The summed E-state index contributed by atoms with van der Waals surface area (Å²) in [6.07, 6.45) is 0.963. The molecule has 3 N–H and O–H groups in total. The fourth-order valence-corrected chi connectivity index (χ4v) is 3.42. The molecule has 1 fully saturated rings. The van der Waals surface area contributed by atoms with E-state index in [1.807, 2.05) is 30.3 Å². The molecule has 0 spiro atoms. The third kappa shape index (κ3) is 4.58. The summed E-state index contributed by atoms with van der Waals surface area (Å²) < 4.78 is 26.3. The molecule has 1 aromatic carbocycles. The van der Waals surface area contributed by atoms with Crippen LogP contribution in [0.25, 0.3) is 0 Å². The molecule has 1 heterocycles. The van der Waals surface area contributed by atoms with Crippen molar-refractivity contribution in [2.24, 2.45) is 0 Å². The summed E-state index contributed by atoms with van der Waals surface area (Å²) in [6, 6.07) is 9.22. The Morgan fingerprint density at radius 1 is 1.37 bits per heavy atom. The highest BCUT2D eigenvalue weighted by Gasteiger charge is 2.27. The second-order valence-electron chi connectivity index (χ2n) is 4.86. The highest BCUT2D eigenvalue weighted by atomic mass is 32.2. The Kier molecular flexibility index (Phi) is 4.93. The van der Waals surface area contributed by atoms with Crippen molar-refractivity contribution in [2.45, 2.75) is 31.5 Å². The molecule has 2 atom stereocenters. The van der Waals surface area contributed by atoms with Gasteiger partial charge >= 0.3 is 0 Å². The van der Waals surface area contributed by atoms with E-state index in [-0.39, 0.29) is 18.3 Å². The zero-order valence-corrected chi connectivity index (χ0v) is 11.6. The van der Waals surface area contributed by atoms with Gasteiger partial charge < -0.3 is 10.4 Å². The number of hydrogen-bond acceptors (Lipinski definition) is 4. The minimum atomic E-state index is -3.46. The van der Waals surface area contributed by atoms with Gasteiger partial charge in [0.05, 0.1) is 11.9 Å². The van der Waals surface area contributed by atoms with E-state index in [2.05, 4.69) is 10.0 Å². The third-order valence-electron chi connectivity index (χ3n) is 3.29. The highest BCUT2D eigenvalue weighted by molar-refractivity contribution is 7.89. The van der Waals surface area contributed by atoms with Gasteiger partial charge in [-0.1, -0.05) is 30.3 Å². The van der Waals surface area contributed by atoms with Gasteiger partial charge in [-0.3, -0.25) is 0 Å². The molecule has 0 bridgehead atoms. The quantitative estimate of drug-likeness (QED) is 0.698. The first kappa shape index (κ1) is 14.5. The van der Waals surface area contributed by atoms with E-state index in [4.69, 9.17) is 0 Å². The van der Waals surface area contributed by atoms with Crippen LogP contribution in [0.15, 0.2) is 30.3 Å². The van der Waals surface area contributed by atoms with Gasteiger partial charge in [-0.2, -0.15) is 0 Å². The topological polar surface area (TPSA) is 78.4 Å².